The summed E-state index contributed by atoms with van der Waals surface area (Å²) >= 11 is 0. The molecule has 3 rings (SSSR count). The molecule has 1 aliphatic heterocycles. The van der Waals surface area contributed by atoms with Gasteiger partial charge in [0.05, 0.1) is 6.26 Å². The van der Waals surface area contributed by atoms with Gasteiger partial charge in [0.25, 0.3) is 0 Å². The second-order valence-corrected chi connectivity index (χ2v) is 6.90. The van der Waals surface area contributed by atoms with E-state index in [0.29, 0.717) is 24.6 Å². The molecule has 1 saturated carbocycles. The molecule has 0 spiro atoms. The van der Waals surface area contributed by atoms with Gasteiger partial charge in [-0.1, -0.05) is 25.7 Å². The first-order valence-electron chi connectivity index (χ1n) is 8.94. The number of furan rings is 1. The van der Waals surface area contributed by atoms with Gasteiger partial charge in [0.1, 0.15) is 11.9 Å². The summed E-state index contributed by atoms with van der Waals surface area (Å²) in [5.41, 5.74) is 0. The number of aliphatic hydroxyl groups is 1. The van der Waals surface area contributed by atoms with Gasteiger partial charge in [-0.25, -0.2) is 0 Å². The van der Waals surface area contributed by atoms with E-state index in [1.165, 1.54) is 25.7 Å². The highest BCUT2D eigenvalue weighted by Gasteiger charge is 2.24. The molecule has 1 aromatic heterocycles. The van der Waals surface area contributed by atoms with Gasteiger partial charge in [-0.15, -0.1) is 0 Å². The molecular weight excluding hydrogens is 292 g/mol. The first-order valence-corrected chi connectivity index (χ1v) is 8.94. The first-order chi connectivity index (χ1) is 11.2. The Bertz CT molecular complexity index is 474. The number of rotatable bonds is 6. The quantitative estimate of drug-likeness (QED) is 0.874. The third kappa shape index (κ3) is 4.58. The molecule has 1 N–H and O–H groups in total. The molecular formula is C18H28N2O3. The smallest absolute Gasteiger partial charge is 0.222 e. The van der Waals surface area contributed by atoms with Crippen molar-refractivity contribution >= 4 is 5.91 Å². The number of hydrogen-bond donors (Lipinski definition) is 1. The molecule has 23 heavy (non-hydrogen) atoms. The van der Waals surface area contributed by atoms with Crippen molar-refractivity contribution in [3.8, 4) is 0 Å². The number of aliphatic hydroxyl groups excluding tert-OH is 1. The minimum Gasteiger partial charge on any atom is -0.467 e. The van der Waals surface area contributed by atoms with E-state index in [9.17, 15) is 9.90 Å². The Hall–Kier alpha value is -1.33. The maximum Gasteiger partial charge on any atom is 0.222 e. The molecule has 1 amide bonds. The molecule has 1 aromatic rings. The summed E-state index contributed by atoms with van der Waals surface area (Å²) in [5.74, 6) is 1.70. The molecule has 1 saturated heterocycles. The molecule has 0 bridgehead atoms. The van der Waals surface area contributed by atoms with Crippen molar-refractivity contribution in [1.29, 1.82) is 0 Å². The van der Waals surface area contributed by atoms with Crippen LogP contribution in [0.3, 0.4) is 0 Å². The van der Waals surface area contributed by atoms with Gasteiger partial charge < -0.3 is 14.4 Å². The fourth-order valence-electron chi connectivity index (χ4n) is 3.78. The zero-order valence-corrected chi connectivity index (χ0v) is 13.8. The number of carbonyl (C=O) groups is 1. The molecule has 5 nitrogen and oxygen atoms in total. The van der Waals surface area contributed by atoms with Gasteiger partial charge in [0.2, 0.25) is 5.91 Å². The Morgan fingerprint density at radius 3 is 2.65 bits per heavy atom. The number of nitrogens with zero attached hydrogens (tertiary/aromatic N) is 2. The van der Waals surface area contributed by atoms with Crippen molar-refractivity contribution < 1.29 is 14.3 Å². The van der Waals surface area contributed by atoms with Gasteiger partial charge >= 0.3 is 0 Å². The Balaban J connectivity index is 1.36. The first kappa shape index (κ1) is 16.5. The third-order valence-corrected chi connectivity index (χ3v) is 5.27. The predicted octanol–water partition coefficient (Wildman–Crippen LogP) is 2.43. The Morgan fingerprint density at radius 2 is 2.00 bits per heavy atom. The van der Waals surface area contributed by atoms with E-state index in [0.717, 1.165) is 38.5 Å². The van der Waals surface area contributed by atoms with Gasteiger partial charge in [0.15, 0.2) is 0 Å². The number of piperazine rings is 1. The Kier molecular flexibility index (Phi) is 5.73. The van der Waals surface area contributed by atoms with E-state index in [1.54, 1.807) is 18.4 Å². The van der Waals surface area contributed by atoms with Crippen LogP contribution in [0, 0.1) is 5.92 Å². The normalized spacial score (nSPS) is 21.7. The highest BCUT2D eigenvalue weighted by atomic mass is 16.4. The average molecular weight is 320 g/mol. The lowest BCUT2D eigenvalue weighted by molar-refractivity contribution is -0.133. The largest absolute Gasteiger partial charge is 0.467 e. The fraction of sp³-hybridized carbons (Fsp3) is 0.722. The lowest BCUT2D eigenvalue weighted by Crippen LogP contribution is -2.49. The van der Waals surface area contributed by atoms with E-state index in [2.05, 4.69) is 4.90 Å². The molecule has 1 aliphatic carbocycles. The summed E-state index contributed by atoms with van der Waals surface area (Å²) in [5, 5.41) is 10.1. The Morgan fingerprint density at radius 1 is 1.26 bits per heavy atom. The number of hydrogen-bond acceptors (Lipinski definition) is 4. The van der Waals surface area contributed by atoms with Crippen LogP contribution in [0.1, 0.15) is 50.4 Å². The maximum absolute atomic E-state index is 12.3. The van der Waals surface area contributed by atoms with Crippen LogP contribution in [0.4, 0.5) is 0 Å². The zero-order valence-electron chi connectivity index (χ0n) is 13.8. The molecule has 0 aromatic carbocycles. The Labute approximate surface area is 138 Å². The summed E-state index contributed by atoms with van der Waals surface area (Å²) in [6.07, 6.45) is 8.08. The van der Waals surface area contributed by atoms with Crippen LogP contribution < -0.4 is 0 Å². The molecule has 2 aliphatic rings. The second kappa shape index (κ2) is 7.97. The molecule has 2 heterocycles. The topological polar surface area (TPSA) is 56.9 Å². The molecule has 5 heteroatoms. The highest BCUT2D eigenvalue weighted by Crippen LogP contribution is 2.28. The lowest BCUT2D eigenvalue weighted by atomic mass is 10.0. The summed E-state index contributed by atoms with van der Waals surface area (Å²) in [7, 11) is 0. The van der Waals surface area contributed by atoms with Crippen LogP contribution in [0.15, 0.2) is 22.8 Å². The summed E-state index contributed by atoms with van der Waals surface area (Å²) in [6.45, 7) is 3.76. The highest BCUT2D eigenvalue weighted by molar-refractivity contribution is 5.76. The third-order valence-electron chi connectivity index (χ3n) is 5.27. The minimum atomic E-state index is -0.588. The van der Waals surface area contributed by atoms with Crippen LogP contribution in [0.2, 0.25) is 0 Å². The monoisotopic (exact) mass is 320 g/mol. The fourth-order valence-corrected chi connectivity index (χ4v) is 3.78. The van der Waals surface area contributed by atoms with Crippen molar-refractivity contribution in [2.45, 2.75) is 44.6 Å². The number of β-amino-alcohol motifs (C(OH)–C–C–N with tert-alkyl or cyclic N) is 1. The van der Waals surface area contributed by atoms with E-state index < -0.39 is 6.10 Å². The van der Waals surface area contributed by atoms with Crippen molar-refractivity contribution in [2.75, 3.05) is 32.7 Å². The maximum atomic E-state index is 12.3. The average Bonchev–Trinajstić information content (AvgIpc) is 3.26. The number of amides is 1. The van der Waals surface area contributed by atoms with E-state index >= 15 is 0 Å². The van der Waals surface area contributed by atoms with Crippen LogP contribution >= 0.6 is 0 Å². The molecule has 0 radical (unpaired) electrons. The molecule has 1 atom stereocenters. The van der Waals surface area contributed by atoms with E-state index in [1.807, 2.05) is 4.90 Å². The number of carbonyl (C=O) groups excluding carboxylic acids is 1. The van der Waals surface area contributed by atoms with Gasteiger partial charge in [-0.2, -0.15) is 0 Å². The second-order valence-electron chi connectivity index (χ2n) is 6.90. The summed E-state index contributed by atoms with van der Waals surface area (Å²) < 4.78 is 5.24. The van der Waals surface area contributed by atoms with Crippen molar-refractivity contribution in [1.82, 2.24) is 9.80 Å². The van der Waals surface area contributed by atoms with Crippen LogP contribution in [-0.4, -0.2) is 53.5 Å². The molecule has 1 unspecified atom stereocenters. The minimum absolute atomic E-state index is 0.308. The molecule has 128 valence electrons. The van der Waals surface area contributed by atoms with E-state index in [4.69, 9.17) is 4.42 Å². The van der Waals surface area contributed by atoms with Crippen molar-refractivity contribution in [2.24, 2.45) is 5.92 Å². The molecule has 2 fully saturated rings. The van der Waals surface area contributed by atoms with E-state index in [-0.39, 0.29) is 0 Å². The summed E-state index contributed by atoms with van der Waals surface area (Å²) in [4.78, 5) is 16.5. The van der Waals surface area contributed by atoms with Crippen molar-refractivity contribution in [3.63, 3.8) is 0 Å². The van der Waals surface area contributed by atoms with Gasteiger partial charge in [-0.3, -0.25) is 9.69 Å². The van der Waals surface area contributed by atoms with Crippen LogP contribution in [-0.2, 0) is 4.79 Å². The standard InChI is InChI=1S/C18H28N2O3/c21-16(17-6-3-13-23-17)14-19-9-11-20(12-10-19)18(22)8-7-15-4-1-2-5-15/h3,6,13,15-16,21H,1-2,4-5,7-12,14H2. The zero-order chi connectivity index (χ0) is 16.1. The van der Waals surface area contributed by atoms with Gasteiger partial charge in [-0.05, 0) is 24.5 Å². The van der Waals surface area contributed by atoms with Crippen LogP contribution in [0.5, 0.6) is 0 Å². The van der Waals surface area contributed by atoms with Gasteiger partial charge in [0, 0.05) is 39.1 Å². The summed E-state index contributed by atoms with van der Waals surface area (Å²) in [6, 6.07) is 3.59. The van der Waals surface area contributed by atoms with Crippen molar-refractivity contribution in [3.05, 3.63) is 24.2 Å². The SMILES string of the molecule is O=C(CCC1CCCC1)N1CCN(CC(O)c2ccco2)CC1. The lowest BCUT2D eigenvalue weighted by Gasteiger charge is -2.35. The predicted molar refractivity (Wildman–Crippen MR) is 87.9 cm³/mol. The van der Waals surface area contributed by atoms with Crippen LogP contribution in [0.25, 0.3) is 0 Å².